The molecular weight excluding hydrogens is 457 g/mol. The molecule has 0 aliphatic carbocycles. The summed E-state index contributed by atoms with van der Waals surface area (Å²) in [6.45, 7) is 9.32. The van der Waals surface area contributed by atoms with Gasteiger partial charge in [0.05, 0.1) is 0 Å². The Morgan fingerprint density at radius 3 is 0.714 bits per heavy atom. The van der Waals surface area contributed by atoms with Gasteiger partial charge in [-0.3, -0.25) is 0 Å². The van der Waals surface area contributed by atoms with E-state index in [0.717, 1.165) is 0 Å². The molecule has 0 rings (SSSR count). The van der Waals surface area contributed by atoms with Gasteiger partial charge in [-0.25, -0.2) is 0 Å². The Balaban J connectivity index is 4.58. The van der Waals surface area contributed by atoms with Crippen molar-refractivity contribution < 1.29 is 4.12 Å². The molecule has 0 bridgehead atoms. The van der Waals surface area contributed by atoms with Crippen molar-refractivity contribution in [3.63, 3.8) is 0 Å². The maximum Gasteiger partial charge on any atom is 0.162 e. The number of rotatable bonds is 30. The fraction of sp³-hybridized carbons (Fsp3) is 1.00. The van der Waals surface area contributed by atoms with Crippen molar-refractivity contribution in [1.29, 1.82) is 0 Å². The van der Waals surface area contributed by atoms with Crippen molar-refractivity contribution in [2.45, 2.75) is 206 Å². The van der Waals surface area contributed by atoms with Crippen molar-refractivity contribution in [2.24, 2.45) is 0 Å². The summed E-state index contributed by atoms with van der Waals surface area (Å²) in [6.07, 6.45) is 34.5. The van der Waals surface area contributed by atoms with E-state index in [1.165, 1.54) is 178 Å². The van der Waals surface area contributed by atoms with Gasteiger partial charge in [0.15, 0.2) is 18.1 Å². The Morgan fingerprint density at radius 2 is 0.486 bits per heavy atom. The van der Waals surface area contributed by atoms with E-state index in [-0.39, 0.29) is 0 Å². The molecule has 1 nitrogen and oxygen atoms in total. The molecule has 3 heteroatoms. The summed E-state index contributed by atoms with van der Waals surface area (Å²) in [5.74, 6) is 0. The van der Waals surface area contributed by atoms with Crippen LogP contribution in [0.25, 0.3) is 0 Å². The molecule has 35 heavy (non-hydrogen) atoms. The van der Waals surface area contributed by atoms with Crippen LogP contribution < -0.4 is 0 Å². The van der Waals surface area contributed by atoms with Crippen molar-refractivity contribution in [1.82, 2.24) is 0 Å². The summed E-state index contributed by atoms with van der Waals surface area (Å²) in [5, 5.41) is 0. The van der Waals surface area contributed by atoms with Gasteiger partial charge in [-0.05, 0) is 24.2 Å². The SMILES string of the molecule is CCCCCCCC[SiH](CCCCCCCC)O[SiH](CCCCCCCC)CCCCCCCC. The molecule has 212 valence electrons. The molecule has 0 aromatic rings. The second kappa shape index (κ2) is 30.6. The van der Waals surface area contributed by atoms with Gasteiger partial charge in [0, 0.05) is 0 Å². The van der Waals surface area contributed by atoms with Crippen LogP contribution in [-0.4, -0.2) is 18.1 Å². The number of unbranched alkanes of at least 4 members (excludes halogenated alkanes) is 20. The second-order valence-corrected chi connectivity index (χ2v) is 17.5. The molecule has 0 heterocycles. The van der Waals surface area contributed by atoms with E-state index in [1.807, 2.05) is 0 Å². The average Bonchev–Trinajstić information content (AvgIpc) is 2.87. The second-order valence-electron chi connectivity index (χ2n) is 11.6. The zero-order chi connectivity index (χ0) is 25.7. The summed E-state index contributed by atoms with van der Waals surface area (Å²) in [7, 11) is -1.97. The minimum Gasteiger partial charge on any atom is -0.460 e. The molecule has 0 N–H and O–H groups in total. The first-order valence-corrected chi connectivity index (χ1v) is 21.1. The third-order valence-corrected chi connectivity index (χ3v) is 15.2. The predicted molar refractivity (Wildman–Crippen MR) is 168 cm³/mol. The van der Waals surface area contributed by atoms with E-state index in [1.54, 1.807) is 0 Å². The highest BCUT2D eigenvalue weighted by Gasteiger charge is 2.19. The van der Waals surface area contributed by atoms with E-state index in [0.29, 0.717) is 0 Å². The molecule has 0 fully saturated rings. The fourth-order valence-electron chi connectivity index (χ4n) is 5.44. The van der Waals surface area contributed by atoms with E-state index in [2.05, 4.69) is 27.7 Å². The minimum absolute atomic E-state index is 0.987. The van der Waals surface area contributed by atoms with Gasteiger partial charge in [0.2, 0.25) is 0 Å². The van der Waals surface area contributed by atoms with Gasteiger partial charge in [-0.2, -0.15) is 0 Å². The van der Waals surface area contributed by atoms with E-state index in [9.17, 15) is 0 Å². The summed E-state index contributed by atoms with van der Waals surface area (Å²) < 4.78 is 7.24. The lowest BCUT2D eigenvalue weighted by Gasteiger charge is -2.24. The molecule has 0 aromatic heterocycles. The maximum atomic E-state index is 7.24. The predicted octanol–water partition coefficient (Wildman–Crippen LogP) is 11.9. The highest BCUT2D eigenvalue weighted by molar-refractivity contribution is 6.66. The quantitative estimate of drug-likeness (QED) is 0.0667. The van der Waals surface area contributed by atoms with Gasteiger partial charge < -0.3 is 4.12 Å². The lowest BCUT2D eigenvalue weighted by Crippen LogP contribution is -2.29. The normalized spacial score (nSPS) is 11.8. The van der Waals surface area contributed by atoms with Crippen LogP contribution in [0.5, 0.6) is 0 Å². The van der Waals surface area contributed by atoms with Crippen LogP contribution in [0.4, 0.5) is 0 Å². The first-order valence-electron chi connectivity index (χ1n) is 16.9. The summed E-state index contributed by atoms with van der Waals surface area (Å²) >= 11 is 0. The monoisotopic (exact) mass is 526 g/mol. The smallest absolute Gasteiger partial charge is 0.162 e. The largest absolute Gasteiger partial charge is 0.460 e. The molecular formula is C32H70OSi2. The van der Waals surface area contributed by atoms with Crippen LogP contribution in [0.15, 0.2) is 0 Å². The van der Waals surface area contributed by atoms with Crippen molar-refractivity contribution in [3.8, 4) is 0 Å². The van der Waals surface area contributed by atoms with Gasteiger partial charge in [0.1, 0.15) is 0 Å². The van der Waals surface area contributed by atoms with Crippen LogP contribution in [0.3, 0.4) is 0 Å². The number of hydrogen-bond acceptors (Lipinski definition) is 1. The third-order valence-electron chi connectivity index (χ3n) is 7.90. The van der Waals surface area contributed by atoms with Gasteiger partial charge in [-0.1, -0.05) is 182 Å². The molecule has 0 saturated carbocycles. The molecule has 0 spiro atoms. The molecule has 0 amide bonds. The Hall–Kier alpha value is 0.394. The van der Waals surface area contributed by atoms with Crippen molar-refractivity contribution in [3.05, 3.63) is 0 Å². The maximum absolute atomic E-state index is 7.24. The lowest BCUT2D eigenvalue weighted by molar-refractivity contribution is 0.529. The molecule has 0 unspecified atom stereocenters. The standard InChI is InChI=1S/C32H70OSi2/c1-5-9-13-17-21-25-29-34(30-26-22-18-14-10-6-2)33-35(31-27-23-19-15-11-7-3)32-28-24-20-16-12-8-4/h34-35H,5-32H2,1-4H3. The molecule has 0 atom stereocenters. The zero-order valence-electron chi connectivity index (χ0n) is 25.4. The van der Waals surface area contributed by atoms with E-state index in [4.69, 9.17) is 4.12 Å². The zero-order valence-corrected chi connectivity index (χ0v) is 27.7. The van der Waals surface area contributed by atoms with Crippen LogP contribution in [0.1, 0.15) is 182 Å². The molecule has 0 radical (unpaired) electrons. The Kier molecular flexibility index (Phi) is 31.0. The highest BCUT2D eigenvalue weighted by Crippen LogP contribution is 2.21. The molecule has 0 saturated heterocycles. The van der Waals surface area contributed by atoms with E-state index >= 15 is 0 Å². The van der Waals surface area contributed by atoms with Crippen LogP contribution in [0.2, 0.25) is 24.2 Å². The first kappa shape index (κ1) is 35.4. The van der Waals surface area contributed by atoms with Gasteiger partial charge in [0.25, 0.3) is 0 Å². The molecule has 0 aliphatic rings. The van der Waals surface area contributed by atoms with Crippen LogP contribution >= 0.6 is 0 Å². The molecule has 0 aromatic carbocycles. The number of hydrogen-bond donors (Lipinski definition) is 0. The highest BCUT2D eigenvalue weighted by atomic mass is 28.4. The van der Waals surface area contributed by atoms with Crippen LogP contribution in [-0.2, 0) is 4.12 Å². The van der Waals surface area contributed by atoms with Crippen molar-refractivity contribution >= 4 is 18.1 Å². The Bertz CT molecular complexity index is 311. The van der Waals surface area contributed by atoms with Gasteiger partial charge >= 0.3 is 0 Å². The summed E-state index contributed by atoms with van der Waals surface area (Å²) in [5.41, 5.74) is 0. The fourth-order valence-corrected chi connectivity index (χ4v) is 13.4. The lowest BCUT2D eigenvalue weighted by atomic mass is 10.1. The average molecular weight is 527 g/mol. The Morgan fingerprint density at radius 1 is 0.286 bits per heavy atom. The first-order chi connectivity index (χ1) is 17.3. The minimum atomic E-state index is -0.987. The summed E-state index contributed by atoms with van der Waals surface area (Å²) in [6, 6.07) is 5.93. The Labute approximate surface area is 227 Å². The van der Waals surface area contributed by atoms with Gasteiger partial charge in [-0.15, -0.1) is 0 Å². The third kappa shape index (κ3) is 27.2. The summed E-state index contributed by atoms with van der Waals surface area (Å²) in [4.78, 5) is 0. The molecule has 0 aliphatic heterocycles. The van der Waals surface area contributed by atoms with Crippen LogP contribution in [0, 0.1) is 0 Å². The van der Waals surface area contributed by atoms with Crippen molar-refractivity contribution in [2.75, 3.05) is 0 Å². The van der Waals surface area contributed by atoms with E-state index < -0.39 is 18.1 Å². The topological polar surface area (TPSA) is 9.23 Å².